The van der Waals surface area contributed by atoms with Crippen molar-refractivity contribution in [3.8, 4) is 6.07 Å². The van der Waals surface area contributed by atoms with E-state index in [1.165, 1.54) is 11.8 Å². The lowest BCUT2D eigenvalue weighted by atomic mass is 10.0. The Balaban J connectivity index is 2.08. The molecular weight excluding hydrogens is 466 g/mol. The number of unbranched alkanes of at least 4 members (excludes halogenated alkanes) is 3. The Morgan fingerprint density at radius 3 is 2.38 bits per heavy atom. The number of likely N-dealkylation sites (N-methyl/N-ethyl adjacent to an activating group) is 1. The first-order valence-electron chi connectivity index (χ1n) is 12.2. The first-order valence-corrected chi connectivity index (χ1v) is 13.4. The van der Waals surface area contributed by atoms with Gasteiger partial charge in [-0.15, -0.1) is 0 Å². The summed E-state index contributed by atoms with van der Waals surface area (Å²) in [4.78, 5) is 33.2. The number of nitrogens with zero attached hydrogens (tertiary/aromatic N) is 5. The van der Waals surface area contributed by atoms with Gasteiger partial charge in [0.15, 0.2) is 0 Å². The Labute approximate surface area is 212 Å². The molecule has 2 aliphatic heterocycles. The van der Waals surface area contributed by atoms with Crippen molar-refractivity contribution < 1.29 is 4.79 Å². The summed E-state index contributed by atoms with van der Waals surface area (Å²) in [6.45, 7) is 10.5. The molecule has 1 aromatic rings. The molecule has 9 heteroatoms. The monoisotopic (exact) mass is 501 g/mol. The van der Waals surface area contributed by atoms with E-state index in [1.54, 1.807) is 9.47 Å². The van der Waals surface area contributed by atoms with Gasteiger partial charge < -0.3 is 9.80 Å². The number of carbonyl (C=O) groups is 1. The van der Waals surface area contributed by atoms with E-state index in [1.807, 2.05) is 19.9 Å². The second kappa shape index (κ2) is 12.0. The molecule has 7 nitrogen and oxygen atoms in total. The van der Waals surface area contributed by atoms with Crippen LogP contribution in [-0.2, 0) is 11.3 Å². The van der Waals surface area contributed by atoms with Crippen LogP contribution in [0.3, 0.4) is 0 Å². The Bertz CT molecular complexity index is 1060. The van der Waals surface area contributed by atoms with Crippen LogP contribution in [0.5, 0.6) is 0 Å². The second-order valence-corrected chi connectivity index (χ2v) is 10.7. The van der Waals surface area contributed by atoms with Crippen molar-refractivity contribution in [2.75, 3.05) is 44.7 Å². The molecule has 2 fully saturated rings. The van der Waals surface area contributed by atoms with Crippen molar-refractivity contribution in [2.24, 2.45) is 0 Å². The van der Waals surface area contributed by atoms with Crippen LogP contribution in [0.25, 0.3) is 6.08 Å². The van der Waals surface area contributed by atoms with Gasteiger partial charge in [0, 0.05) is 44.8 Å². The molecule has 3 heterocycles. The zero-order chi connectivity index (χ0) is 24.8. The Morgan fingerprint density at radius 2 is 1.76 bits per heavy atom. The first-order chi connectivity index (χ1) is 16.3. The summed E-state index contributed by atoms with van der Waals surface area (Å²) < 4.78 is 2.31. The van der Waals surface area contributed by atoms with Gasteiger partial charge in [-0.2, -0.15) is 5.26 Å². The summed E-state index contributed by atoms with van der Waals surface area (Å²) in [5.74, 6) is 0.728. The minimum absolute atomic E-state index is 0.0815. The van der Waals surface area contributed by atoms with E-state index in [-0.39, 0.29) is 17.0 Å². The number of anilines is 1. The Morgan fingerprint density at radius 1 is 1.06 bits per heavy atom. The normalized spacial score (nSPS) is 18.3. The van der Waals surface area contributed by atoms with Gasteiger partial charge in [-0.05, 0) is 38.5 Å². The van der Waals surface area contributed by atoms with Crippen LogP contribution >= 0.6 is 24.0 Å². The number of thioether (sulfide) groups is 1. The highest BCUT2D eigenvalue weighted by Gasteiger charge is 2.33. The fraction of sp³-hybridized carbons (Fsp3) is 0.600. The predicted octanol–water partition coefficient (Wildman–Crippen LogP) is 3.97. The van der Waals surface area contributed by atoms with Gasteiger partial charge in [-0.3, -0.25) is 19.1 Å². The molecule has 2 aliphatic rings. The summed E-state index contributed by atoms with van der Waals surface area (Å²) in [6.07, 6.45) is 6.93. The van der Waals surface area contributed by atoms with E-state index in [0.29, 0.717) is 27.9 Å². The standard InChI is InChI=1S/C25H35N5O2S2/c1-5-7-8-9-11-30-24(32)21(34-25(30)33)16-19-18(3)20(17-26)23(31)29(10-6-2)22(19)28-14-12-27(4)13-15-28/h16H,5-15H2,1-4H3. The highest BCUT2D eigenvalue weighted by atomic mass is 32.2. The van der Waals surface area contributed by atoms with Crippen LogP contribution in [0.4, 0.5) is 5.82 Å². The molecule has 0 radical (unpaired) electrons. The van der Waals surface area contributed by atoms with Crippen LogP contribution < -0.4 is 10.5 Å². The molecule has 0 aromatic carbocycles. The van der Waals surface area contributed by atoms with Gasteiger partial charge in [0.2, 0.25) is 0 Å². The molecule has 2 saturated heterocycles. The van der Waals surface area contributed by atoms with E-state index in [0.717, 1.165) is 69.7 Å². The first kappa shape index (κ1) is 26.5. The van der Waals surface area contributed by atoms with Crippen LogP contribution in [0.15, 0.2) is 9.70 Å². The maximum atomic E-state index is 13.3. The number of rotatable bonds is 9. The summed E-state index contributed by atoms with van der Waals surface area (Å²) in [6, 6.07) is 2.12. The van der Waals surface area contributed by atoms with E-state index >= 15 is 0 Å². The smallest absolute Gasteiger partial charge is 0.270 e. The SMILES string of the molecule is CCCCCCN1C(=O)C(=Cc2c(C)c(C#N)c(=O)n(CCC)c2N2CCN(C)CC2)SC1=S. The van der Waals surface area contributed by atoms with E-state index in [4.69, 9.17) is 12.2 Å². The summed E-state index contributed by atoms with van der Waals surface area (Å²) in [7, 11) is 2.09. The topological polar surface area (TPSA) is 72.6 Å². The Hall–Kier alpha value is -2.15. The zero-order valence-corrected chi connectivity index (χ0v) is 22.4. The van der Waals surface area contributed by atoms with Crippen molar-refractivity contribution in [1.29, 1.82) is 5.26 Å². The summed E-state index contributed by atoms with van der Waals surface area (Å²) in [5, 5.41) is 9.78. The fourth-order valence-electron chi connectivity index (χ4n) is 4.45. The van der Waals surface area contributed by atoms with Crippen LogP contribution in [0, 0.1) is 18.3 Å². The van der Waals surface area contributed by atoms with E-state index < -0.39 is 0 Å². The predicted molar refractivity (Wildman–Crippen MR) is 144 cm³/mol. The molecule has 1 amide bonds. The molecule has 0 saturated carbocycles. The lowest BCUT2D eigenvalue weighted by Crippen LogP contribution is -2.47. The maximum absolute atomic E-state index is 13.3. The van der Waals surface area contributed by atoms with Gasteiger partial charge in [0.05, 0.1) is 4.91 Å². The van der Waals surface area contributed by atoms with E-state index in [2.05, 4.69) is 29.8 Å². The molecule has 0 spiro atoms. The number of thiocarbonyl (C=S) groups is 1. The second-order valence-electron chi connectivity index (χ2n) is 8.99. The van der Waals surface area contributed by atoms with Gasteiger partial charge in [-0.1, -0.05) is 57.1 Å². The number of aromatic nitrogens is 1. The Kier molecular flexibility index (Phi) is 9.34. The van der Waals surface area contributed by atoms with Gasteiger partial charge in [0.1, 0.15) is 21.8 Å². The number of nitriles is 1. The summed E-state index contributed by atoms with van der Waals surface area (Å²) >= 11 is 6.85. The van der Waals surface area contributed by atoms with Gasteiger partial charge in [-0.25, -0.2) is 0 Å². The minimum atomic E-state index is -0.253. The molecular formula is C25H35N5O2S2. The molecule has 3 rings (SSSR count). The number of piperazine rings is 1. The summed E-state index contributed by atoms with van der Waals surface area (Å²) in [5.41, 5.74) is 1.30. The fourth-order valence-corrected chi connectivity index (χ4v) is 5.75. The largest absolute Gasteiger partial charge is 0.355 e. The van der Waals surface area contributed by atoms with Crippen molar-refractivity contribution >= 4 is 46.1 Å². The van der Waals surface area contributed by atoms with Crippen molar-refractivity contribution in [3.05, 3.63) is 31.9 Å². The van der Waals surface area contributed by atoms with Crippen molar-refractivity contribution in [2.45, 2.75) is 59.4 Å². The average Bonchev–Trinajstić information content (AvgIpc) is 3.08. The van der Waals surface area contributed by atoms with Crippen LogP contribution in [0.2, 0.25) is 0 Å². The number of hydrogen-bond acceptors (Lipinski definition) is 7. The van der Waals surface area contributed by atoms with Crippen LogP contribution in [-0.4, -0.2) is 64.4 Å². The maximum Gasteiger partial charge on any atom is 0.270 e. The quantitative estimate of drug-likeness (QED) is 0.288. The lowest BCUT2D eigenvalue weighted by Gasteiger charge is -2.36. The molecule has 0 bridgehead atoms. The molecule has 0 atom stereocenters. The molecule has 1 aromatic heterocycles. The lowest BCUT2D eigenvalue weighted by molar-refractivity contribution is -0.122. The van der Waals surface area contributed by atoms with Crippen molar-refractivity contribution in [3.63, 3.8) is 0 Å². The van der Waals surface area contributed by atoms with Crippen LogP contribution in [0.1, 0.15) is 62.6 Å². The highest BCUT2D eigenvalue weighted by molar-refractivity contribution is 8.26. The zero-order valence-electron chi connectivity index (χ0n) is 20.7. The van der Waals surface area contributed by atoms with Gasteiger partial charge >= 0.3 is 0 Å². The van der Waals surface area contributed by atoms with Crippen molar-refractivity contribution in [1.82, 2.24) is 14.4 Å². The third kappa shape index (κ3) is 5.56. The molecule has 0 N–H and O–H groups in total. The van der Waals surface area contributed by atoms with Gasteiger partial charge in [0.25, 0.3) is 11.5 Å². The molecule has 184 valence electrons. The average molecular weight is 502 g/mol. The minimum Gasteiger partial charge on any atom is -0.355 e. The number of amides is 1. The number of carbonyl (C=O) groups excluding carboxylic acids is 1. The molecule has 0 unspecified atom stereocenters. The van der Waals surface area contributed by atoms with E-state index in [9.17, 15) is 14.9 Å². The third-order valence-corrected chi connectivity index (χ3v) is 7.86. The molecule has 0 aliphatic carbocycles. The highest BCUT2D eigenvalue weighted by Crippen LogP contribution is 2.36. The third-order valence-electron chi connectivity index (χ3n) is 6.48. The number of hydrogen-bond donors (Lipinski definition) is 0. The molecule has 34 heavy (non-hydrogen) atoms. The number of pyridine rings is 1.